The summed E-state index contributed by atoms with van der Waals surface area (Å²) in [6.07, 6.45) is -5.50. The Morgan fingerprint density at radius 2 is 1.67 bits per heavy atom. The quantitative estimate of drug-likeness (QED) is 0.215. The van der Waals surface area contributed by atoms with Crippen LogP contribution in [0, 0.1) is 0 Å². The molecule has 1 aromatic heterocycles. The summed E-state index contributed by atoms with van der Waals surface area (Å²) in [5.74, 6) is -3.32. The van der Waals surface area contributed by atoms with Gasteiger partial charge in [-0.1, -0.05) is 78.9 Å². The molecule has 4 aromatic rings. The summed E-state index contributed by atoms with van der Waals surface area (Å²) in [6.45, 7) is -0.123. The number of fused-ring (bicyclic) bond motifs is 6. The van der Waals surface area contributed by atoms with Gasteiger partial charge in [-0.05, 0) is 22.3 Å². The lowest BCUT2D eigenvalue weighted by molar-refractivity contribution is -0.380. The van der Waals surface area contributed by atoms with Gasteiger partial charge in [0.2, 0.25) is 11.7 Å². The third kappa shape index (κ3) is 4.39. The number of hydrogen-bond acceptors (Lipinski definition) is 11. The van der Waals surface area contributed by atoms with E-state index in [1.165, 1.54) is 0 Å². The molecule has 4 aliphatic rings. The van der Waals surface area contributed by atoms with Crippen molar-refractivity contribution in [3.05, 3.63) is 106 Å². The summed E-state index contributed by atoms with van der Waals surface area (Å²) < 4.78 is 24.0. The first kappa shape index (κ1) is 27.7. The zero-order valence-corrected chi connectivity index (χ0v) is 23.7. The Bertz CT molecular complexity index is 1800. The second-order valence-corrected chi connectivity index (χ2v) is 11.4. The van der Waals surface area contributed by atoms with Gasteiger partial charge in [-0.2, -0.15) is 4.98 Å². The summed E-state index contributed by atoms with van der Waals surface area (Å²) in [6, 6.07) is 23.1. The molecule has 1 amide bonds. The lowest BCUT2D eigenvalue weighted by Crippen LogP contribution is -2.77. The molecule has 2 fully saturated rings. The number of ether oxygens (including phenoxy) is 4. The van der Waals surface area contributed by atoms with Gasteiger partial charge in [0.05, 0.1) is 6.61 Å². The van der Waals surface area contributed by atoms with Gasteiger partial charge in [0.1, 0.15) is 24.9 Å². The van der Waals surface area contributed by atoms with E-state index in [1.54, 1.807) is 24.3 Å². The van der Waals surface area contributed by atoms with Crippen LogP contribution in [0.5, 0.6) is 0 Å². The monoisotopic (exact) mass is 611 g/mol. The van der Waals surface area contributed by atoms with Crippen LogP contribution < -0.4 is 21.5 Å². The average molecular weight is 612 g/mol. The number of H-pyrrole nitrogens is 1. The van der Waals surface area contributed by atoms with Crippen LogP contribution in [0.15, 0.2) is 83.7 Å². The molecule has 1 aliphatic carbocycles. The van der Waals surface area contributed by atoms with E-state index in [0.29, 0.717) is 5.56 Å². The minimum atomic E-state index is -2.74. The van der Waals surface area contributed by atoms with Gasteiger partial charge in [-0.3, -0.25) is 14.7 Å². The largest absolute Gasteiger partial charge is 0.448 e. The van der Waals surface area contributed by atoms with E-state index in [4.69, 9.17) is 24.7 Å². The van der Waals surface area contributed by atoms with Gasteiger partial charge < -0.3 is 40.2 Å². The molecule has 4 heterocycles. The maximum absolute atomic E-state index is 14.1. The van der Waals surface area contributed by atoms with Crippen molar-refractivity contribution in [2.24, 2.45) is 0 Å². The van der Waals surface area contributed by atoms with Gasteiger partial charge in [0, 0.05) is 11.5 Å². The highest BCUT2D eigenvalue weighted by atomic mass is 16.7. The molecule has 1 unspecified atom stereocenters. The number of nitrogens with one attached hydrogen (secondary N) is 2. The number of nitrogens with zero attached hydrogens (tertiary/aromatic N) is 2. The van der Waals surface area contributed by atoms with Crippen molar-refractivity contribution in [1.82, 2.24) is 9.97 Å². The Kier molecular flexibility index (Phi) is 6.41. The van der Waals surface area contributed by atoms with E-state index < -0.39 is 48.2 Å². The molecule has 13 nitrogen and oxygen atoms in total. The molecular weight excluding hydrogens is 582 g/mol. The van der Waals surface area contributed by atoms with Crippen LogP contribution in [0.25, 0.3) is 11.1 Å². The fraction of sp³-hybridized carbons (Fsp3) is 0.281. The number of amides is 1. The van der Waals surface area contributed by atoms with Crippen LogP contribution >= 0.6 is 0 Å². The minimum Gasteiger partial charge on any atom is -0.448 e. The Labute approximate surface area is 256 Å². The van der Waals surface area contributed by atoms with Crippen molar-refractivity contribution in [1.29, 1.82) is 0 Å². The molecule has 0 radical (unpaired) electrons. The van der Waals surface area contributed by atoms with E-state index in [0.717, 1.165) is 27.2 Å². The fourth-order valence-electron chi connectivity index (χ4n) is 6.84. The van der Waals surface area contributed by atoms with E-state index >= 15 is 0 Å². The van der Waals surface area contributed by atoms with E-state index in [2.05, 4.69) is 15.3 Å². The van der Waals surface area contributed by atoms with Crippen LogP contribution in [0.3, 0.4) is 0 Å². The number of nitrogens with two attached hydrogens (primary N) is 1. The first-order chi connectivity index (χ1) is 21.8. The first-order valence-electron chi connectivity index (χ1n) is 14.5. The number of rotatable bonds is 3. The molecule has 3 aromatic carbocycles. The standard InChI is InChI=1S/C32H29N5O8/c33-30-35-26-23(27(38)36-30)37(31(39)43-14-21-19-12-6-4-10-17(19)18-11-5-7-13-20(18)21)24-28(34-26)44-22-15-42-29(16-8-2-1-3-9-16)45-25(22)32(24,40)41/h1-13,21-22,24-25,28-29,40-41H,14-15H2,(H4,33,34,35,36,38)/t22-,24-,25+,28-,29?/m1/s1. The van der Waals surface area contributed by atoms with Crippen LogP contribution in [-0.2, 0) is 18.9 Å². The Morgan fingerprint density at radius 1 is 1.00 bits per heavy atom. The zero-order valence-electron chi connectivity index (χ0n) is 23.7. The maximum Gasteiger partial charge on any atom is 0.415 e. The molecule has 45 heavy (non-hydrogen) atoms. The average Bonchev–Trinajstić information content (AvgIpc) is 3.36. The third-order valence-electron chi connectivity index (χ3n) is 8.80. The number of benzene rings is 3. The van der Waals surface area contributed by atoms with Crippen LogP contribution in [-0.4, -0.2) is 69.8 Å². The molecular formula is C32H29N5O8. The van der Waals surface area contributed by atoms with Crippen LogP contribution in [0.1, 0.15) is 28.9 Å². The Hall–Kier alpha value is -4.79. The molecule has 8 rings (SSSR count). The van der Waals surface area contributed by atoms with Crippen LogP contribution in [0.4, 0.5) is 22.2 Å². The molecule has 230 valence electrons. The highest BCUT2D eigenvalue weighted by Crippen LogP contribution is 2.46. The molecule has 0 saturated carbocycles. The van der Waals surface area contributed by atoms with Gasteiger partial charge in [-0.25, -0.2) is 4.79 Å². The zero-order chi connectivity index (χ0) is 30.9. The second-order valence-electron chi connectivity index (χ2n) is 11.4. The topological polar surface area (TPSA) is 181 Å². The van der Waals surface area contributed by atoms with E-state index in [-0.39, 0.29) is 36.6 Å². The van der Waals surface area contributed by atoms with Crippen molar-refractivity contribution in [2.45, 2.75) is 42.5 Å². The number of anilines is 3. The van der Waals surface area contributed by atoms with Gasteiger partial charge in [0.15, 0.2) is 24.0 Å². The molecule has 5 atom stereocenters. The van der Waals surface area contributed by atoms with E-state index in [1.807, 2.05) is 54.6 Å². The molecule has 2 saturated heterocycles. The smallest absolute Gasteiger partial charge is 0.415 e. The fourth-order valence-corrected chi connectivity index (χ4v) is 6.84. The Morgan fingerprint density at radius 3 is 2.38 bits per heavy atom. The summed E-state index contributed by atoms with van der Waals surface area (Å²) >= 11 is 0. The second kappa shape index (κ2) is 10.4. The molecule has 0 spiro atoms. The number of aromatic amines is 1. The normalized spacial score (nSPS) is 26.0. The number of carbonyl (C=O) groups is 1. The Balaban J connectivity index is 1.14. The van der Waals surface area contributed by atoms with Gasteiger partial charge >= 0.3 is 6.09 Å². The van der Waals surface area contributed by atoms with Crippen molar-refractivity contribution in [2.75, 3.05) is 29.2 Å². The molecule has 0 bridgehead atoms. The lowest BCUT2D eigenvalue weighted by atomic mass is 9.88. The molecule has 13 heteroatoms. The summed E-state index contributed by atoms with van der Waals surface area (Å²) in [4.78, 5) is 34.8. The van der Waals surface area contributed by atoms with Crippen molar-refractivity contribution in [3.8, 4) is 11.1 Å². The number of aliphatic hydroxyl groups is 2. The lowest BCUT2D eigenvalue weighted by Gasteiger charge is -2.55. The van der Waals surface area contributed by atoms with Crippen molar-refractivity contribution >= 4 is 23.5 Å². The third-order valence-corrected chi connectivity index (χ3v) is 8.80. The molecule has 3 aliphatic heterocycles. The SMILES string of the molecule is Nc1nc2c(c(=O)[nH]1)N(C(=O)OCC1c3ccccc3-c3ccccc31)[C@@H]1[C@H](N2)O[C@@H]2COC(c3ccccc3)O[C@@H]2C1(O)O. The predicted octanol–water partition coefficient (Wildman–Crippen LogP) is 2.42. The maximum atomic E-state index is 14.1. The van der Waals surface area contributed by atoms with E-state index in [9.17, 15) is 19.8 Å². The van der Waals surface area contributed by atoms with Crippen molar-refractivity contribution in [3.63, 3.8) is 0 Å². The minimum absolute atomic E-state index is 0.0409. The number of carbonyl (C=O) groups excluding carboxylic acids is 1. The molecule has 6 N–H and O–H groups in total. The van der Waals surface area contributed by atoms with Crippen LogP contribution in [0.2, 0.25) is 0 Å². The number of aromatic nitrogens is 2. The van der Waals surface area contributed by atoms with Crippen molar-refractivity contribution < 1.29 is 34.0 Å². The summed E-state index contributed by atoms with van der Waals surface area (Å²) in [5.41, 5.74) is 9.44. The predicted molar refractivity (Wildman–Crippen MR) is 160 cm³/mol. The number of hydrogen-bond donors (Lipinski definition) is 5. The summed E-state index contributed by atoms with van der Waals surface area (Å²) in [7, 11) is 0. The highest BCUT2D eigenvalue weighted by molar-refractivity contribution is 5.93. The van der Waals surface area contributed by atoms with Gasteiger partial charge in [-0.15, -0.1) is 0 Å². The van der Waals surface area contributed by atoms with Gasteiger partial charge in [0.25, 0.3) is 5.56 Å². The first-order valence-corrected chi connectivity index (χ1v) is 14.5. The highest BCUT2D eigenvalue weighted by Gasteiger charge is 2.63. The summed E-state index contributed by atoms with van der Waals surface area (Å²) in [5, 5.41) is 26.5. The number of nitrogen functional groups attached to an aromatic ring is 1.